The Morgan fingerprint density at radius 2 is 2.19 bits per heavy atom. The number of fused-ring (bicyclic) bond motifs is 2. The highest BCUT2D eigenvalue weighted by Crippen LogP contribution is 2.58. The molecule has 0 saturated heterocycles. The number of ether oxygens (including phenoxy) is 1. The summed E-state index contributed by atoms with van der Waals surface area (Å²) in [6.45, 7) is 8.80. The van der Waals surface area contributed by atoms with Crippen molar-refractivity contribution < 1.29 is 14.0 Å². The number of aliphatic imine (C=N–C) groups is 1. The van der Waals surface area contributed by atoms with Gasteiger partial charge in [-0.2, -0.15) is 0 Å². The quantitative estimate of drug-likeness (QED) is 0.591. The first kappa shape index (κ1) is 14.8. The van der Waals surface area contributed by atoms with E-state index in [1.807, 2.05) is 12.4 Å². The number of carbonyl (C=O) groups is 1. The van der Waals surface area contributed by atoms with Crippen molar-refractivity contribution in [1.29, 1.82) is 0 Å². The van der Waals surface area contributed by atoms with Crippen molar-refractivity contribution in [3.63, 3.8) is 0 Å². The lowest BCUT2D eigenvalue weighted by Crippen LogP contribution is -2.72. The third kappa shape index (κ3) is 1.99. The molecule has 2 saturated carbocycles. The van der Waals surface area contributed by atoms with Crippen LogP contribution in [0.4, 0.5) is 0 Å². The fourth-order valence-electron chi connectivity index (χ4n) is 5.34. The molecule has 0 amide bonds. The minimum atomic E-state index is -0.575. The average Bonchev–Trinajstić information content (AvgIpc) is 2.98. The van der Waals surface area contributed by atoms with Crippen LogP contribution in [0.2, 0.25) is 0 Å². The molecule has 2 aliphatic carbocycles. The molecule has 3 rings (SSSR count). The molecular formula is C17H27N2O2+. The van der Waals surface area contributed by atoms with E-state index < -0.39 is 5.72 Å². The van der Waals surface area contributed by atoms with Gasteiger partial charge in [0.05, 0.1) is 12.4 Å². The van der Waals surface area contributed by atoms with Crippen LogP contribution in [0.1, 0.15) is 53.4 Å². The normalized spacial score (nSPS) is 41.5. The molecule has 0 radical (unpaired) electrons. The summed E-state index contributed by atoms with van der Waals surface area (Å²) >= 11 is 0. The average molecular weight is 291 g/mol. The van der Waals surface area contributed by atoms with Crippen LogP contribution in [0, 0.1) is 11.8 Å². The van der Waals surface area contributed by atoms with E-state index in [2.05, 4.69) is 32.0 Å². The standard InChI is InChI=1S/C17H27N2O2/c1-13(20)21-16(2,3)19(9-7-18-8-10-19)17(4)12-14-5-6-15(17)11-14/h7-9,14-15H,5-6,10-12H2,1-4H3/q+1. The van der Waals surface area contributed by atoms with Crippen LogP contribution in [0.25, 0.3) is 0 Å². The molecule has 0 N–H and O–H groups in total. The van der Waals surface area contributed by atoms with Crippen molar-refractivity contribution in [3.8, 4) is 0 Å². The molecule has 21 heavy (non-hydrogen) atoms. The lowest BCUT2D eigenvalue weighted by atomic mass is 9.77. The van der Waals surface area contributed by atoms with Gasteiger partial charge < -0.3 is 4.74 Å². The van der Waals surface area contributed by atoms with Gasteiger partial charge in [-0.25, -0.2) is 4.48 Å². The molecule has 0 spiro atoms. The number of nitrogens with zero attached hydrogens (tertiary/aromatic N) is 2. The van der Waals surface area contributed by atoms with E-state index in [0.717, 1.165) is 12.5 Å². The molecule has 1 aliphatic heterocycles. The lowest BCUT2D eigenvalue weighted by molar-refractivity contribution is -0.989. The van der Waals surface area contributed by atoms with Crippen molar-refractivity contribution in [2.24, 2.45) is 16.8 Å². The largest absolute Gasteiger partial charge is 0.410 e. The summed E-state index contributed by atoms with van der Waals surface area (Å²) in [5.41, 5.74) is -0.446. The van der Waals surface area contributed by atoms with Crippen molar-refractivity contribution in [2.75, 3.05) is 6.54 Å². The Hall–Kier alpha value is -1.16. The number of hydrogen-bond donors (Lipinski definition) is 0. The van der Waals surface area contributed by atoms with Crippen LogP contribution in [0.5, 0.6) is 0 Å². The summed E-state index contributed by atoms with van der Waals surface area (Å²) in [6, 6.07) is 0. The van der Waals surface area contributed by atoms with Gasteiger partial charge in [0.25, 0.3) is 0 Å². The third-order valence-electron chi connectivity index (χ3n) is 6.27. The van der Waals surface area contributed by atoms with E-state index >= 15 is 0 Å². The highest BCUT2D eigenvalue weighted by molar-refractivity contribution is 5.66. The van der Waals surface area contributed by atoms with Gasteiger partial charge in [-0.1, -0.05) is 0 Å². The second-order valence-electron chi connectivity index (χ2n) is 7.66. The van der Waals surface area contributed by atoms with E-state index in [1.165, 1.54) is 32.6 Å². The number of hydrogen-bond acceptors (Lipinski definition) is 3. The summed E-state index contributed by atoms with van der Waals surface area (Å²) in [6.07, 6.45) is 11.3. The van der Waals surface area contributed by atoms with Gasteiger partial charge in [0, 0.05) is 33.1 Å². The summed E-state index contributed by atoms with van der Waals surface area (Å²) in [5, 5.41) is 0. The van der Waals surface area contributed by atoms with Crippen molar-refractivity contribution in [3.05, 3.63) is 12.4 Å². The van der Waals surface area contributed by atoms with Gasteiger partial charge >= 0.3 is 5.97 Å². The predicted octanol–water partition coefficient (Wildman–Crippen LogP) is 3.24. The monoisotopic (exact) mass is 291 g/mol. The van der Waals surface area contributed by atoms with Gasteiger partial charge in [-0.15, -0.1) is 0 Å². The van der Waals surface area contributed by atoms with Crippen LogP contribution >= 0.6 is 0 Å². The number of carbonyl (C=O) groups excluding carboxylic acids is 1. The highest BCUT2D eigenvalue weighted by atomic mass is 16.6. The second-order valence-corrected chi connectivity index (χ2v) is 7.66. The lowest BCUT2D eigenvalue weighted by Gasteiger charge is -2.57. The molecule has 4 heteroatoms. The zero-order chi connectivity index (χ0) is 15.3. The molecule has 0 aromatic heterocycles. The molecule has 4 unspecified atom stereocenters. The molecule has 4 atom stereocenters. The Bertz CT molecular complexity index is 511. The number of rotatable bonds is 3. The number of esters is 1. The minimum absolute atomic E-state index is 0.130. The van der Waals surface area contributed by atoms with Crippen LogP contribution in [-0.4, -0.2) is 34.5 Å². The Morgan fingerprint density at radius 3 is 2.67 bits per heavy atom. The van der Waals surface area contributed by atoms with Gasteiger partial charge in [-0.3, -0.25) is 9.79 Å². The first-order valence-electron chi connectivity index (χ1n) is 8.08. The minimum Gasteiger partial charge on any atom is -0.410 e. The van der Waals surface area contributed by atoms with E-state index in [0.29, 0.717) is 10.4 Å². The van der Waals surface area contributed by atoms with Crippen LogP contribution < -0.4 is 0 Å². The van der Waals surface area contributed by atoms with Crippen LogP contribution in [-0.2, 0) is 9.53 Å². The van der Waals surface area contributed by atoms with E-state index in [-0.39, 0.29) is 11.5 Å². The maximum atomic E-state index is 11.6. The number of quaternary nitrogens is 1. The second kappa shape index (κ2) is 4.67. The maximum Gasteiger partial charge on any atom is 0.307 e. The van der Waals surface area contributed by atoms with E-state index in [4.69, 9.17) is 4.74 Å². The predicted molar refractivity (Wildman–Crippen MR) is 82.5 cm³/mol. The Morgan fingerprint density at radius 1 is 1.43 bits per heavy atom. The molecular weight excluding hydrogens is 264 g/mol. The van der Waals surface area contributed by atoms with Gasteiger partial charge in [0.2, 0.25) is 5.72 Å². The summed E-state index contributed by atoms with van der Waals surface area (Å²) in [4.78, 5) is 15.9. The van der Waals surface area contributed by atoms with Gasteiger partial charge in [-0.05, 0) is 32.1 Å². The molecule has 4 nitrogen and oxygen atoms in total. The summed E-state index contributed by atoms with van der Waals surface area (Å²) in [7, 11) is 0. The van der Waals surface area contributed by atoms with Crippen molar-refractivity contribution >= 4 is 12.2 Å². The molecule has 1 heterocycles. The van der Waals surface area contributed by atoms with Crippen LogP contribution in [0.15, 0.2) is 17.4 Å². The Labute approximate surface area is 127 Å². The molecule has 0 aromatic carbocycles. The third-order valence-corrected chi connectivity index (χ3v) is 6.27. The van der Waals surface area contributed by atoms with Gasteiger partial charge in [0.15, 0.2) is 0 Å². The molecule has 3 aliphatic rings. The molecule has 116 valence electrons. The first-order chi connectivity index (χ1) is 9.81. The molecule has 0 aromatic rings. The molecule has 2 bridgehead atoms. The summed E-state index contributed by atoms with van der Waals surface area (Å²) < 4.78 is 6.47. The first-order valence-corrected chi connectivity index (χ1v) is 8.08. The maximum absolute atomic E-state index is 11.6. The van der Waals surface area contributed by atoms with Gasteiger partial charge in [0.1, 0.15) is 18.3 Å². The topological polar surface area (TPSA) is 38.7 Å². The van der Waals surface area contributed by atoms with Crippen molar-refractivity contribution in [2.45, 2.75) is 64.6 Å². The van der Waals surface area contributed by atoms with E-state index in [1.54, 1.807) is 0 Å². The Kier molecular flexibility index (Phi) is 3.28. The van der Waals surface area contributed by atoms with Crippen molar-refractivity contribution in [1.82, 2.24) is 0 Å². The SMILES string of the molecule is CC(=O)OC(C)(C)[N+]1(C2(C)CC3CCC2C3)C=CN=CC1. The molecule has 2 fully saturated rings. The van der Waals surface area contributed by atoms with Crippen LogP contribution in [0.3, 0.4) is 0 Å². The smallest absolute Gasteiger partial charge is 0.307 e. The van der Waals surface area contributed by atoms with E-state index in [9.17, 15) is 4.79 Å². The zero-order valence-corrected chi connectivity index (χ0v) is 13.6. The fraction of sp³-hybridized carbons (Fsp3) is 0.765. The Balaban J connectivity index is 2.04. The summed E-state index contributed by atoms with van der Waals surface area (Å²) in [5.74, 6) is 1.35. The fourth-order valence-corrected chi connectivity index (χ4v) is 5.34. The highest BCUT2D eigenvalue weighted by Gasteiger charge is 2.65. The zero-order valence-electron chi connectivity index (χ0n) is 13.6.